The fourth-order valence-electron chi connectivity index (χ4n) is 2.52. The highest BCUT2D eigenvalue weighted by atomic mass is 35.5. The van der Waals surface area contributed by atoms with Gasteiger partial charge in [0, 0.05) is 10.6 Å². The third-order valence-corrected chi connectivity index (χ3v) is 3.53. The molecule has 4 rings (SSSR count). The normalized spacial score (nSPS) is 12.8. The standard InChI is InChI=1S/C14H9ClN2/c15-10-5-6-13-12(7-10)16-14-11-4-2-1-3-9(11)8-17(13)14/h1-7H,8H2. The molecule has 17 heavy (non-hydrogen) atoms. The molecule has 0 amide bonds. The van der Waals surface area contributed by atoms with E-state index in [0.717, 1.165) is 28.4 Å². The molecule has 1 aromatic heterocycles. The van der Waals surface area contributed by atoms with Gasteiger partial charge < -0.3 is 4.57 Å². The van der Waals surface area contributed by atoms with E-state index in [1.54, 1.807) is 0 Å². The molecule has 0 radical (unpaired) electrons. The summed E-state index contributed by atoms with van der Waals surface area (Å²) in [6.07, 6.45) is 0. The lowest BCUT2D eigenvalue weighted by atomic mass is 10.1. The van der Waals surface area contributed by atoms with E-state index in [0.29, 0.717) is 0 Å². The summed E-state index contributed by atoms with van der Waals surface area (Å²) in [5, 5.41) is 0.738. The summed E-state index contributed by atoms with van der Waals surface area (Å²) in [4.78, 5) is 4.67. The van der Waals surface area contributed by atoms with Crippen molar-refractivity contribution in [2.45, 2.75) is 6.54 Å². The van der Waals surface area contributed by atoms with Crippen LogP contribution in [0.5, 0.6) is 0 Å². The molecule has 1 aliphatic heterocycles. The molecule has 0 aliphatic carbocycles. The molecule has 3 heteroatoms. The van der Waals surface area contributed by atoms with E-state index < -0.39 is 0 Å². The monoisotopic (exact) mass is 240 g/mol. The number of rotatable bonds is 0. The highest BCUT2D eigenvalue weighted by Gasteiger charge is 2.21. The Bertz CT molecular complexity index is 743. The van der Waals surface area contributed by atoms with Crippen LogP contribution in [0.25, 0.3) is 22.4 Å². The van der Waals surface area contributed by atoms with Crippen molar-refractivity contribution in [3.05, 3.63) is 53.1 Å². The van der Waals surface area contributed by atoms with Crippen LogP contribution in [0.2, 0.25) is 5.02 Å². The van der Waals surface area contributed by atoms with Crippen LogP contribution >= 0.6 is 11.6 Å². The minimum atomic E-state index is 0.738. The van der Waals surface area contributed by atoms with Gasteiger partial charge in [0.15, 0.2) is 0 Å². The minimum absolute atomic E-state index is 0.738. The smallest absolute Gasteiger partial charge is 0.141 e. The Kier molecular flexibility index (Phi) is 1.69. The van der Waals surface area contributed by atoms with Gasteiger partial charge in [-0.3, -0.25) is 0 Å². The van der Waals surface area contributed by atoms with Crippen molar-refractivity contribution in [3.63, 3.8) is 0 Å². The van der Waals surface area contributed by atoms with Gasteiger partial charge in [0.05, 0.1) is 17.6 Å². The summed E-state index contributed by atoms with van der Waals surface area (Å²) in [6, 6.07) is 14.3. The SMILES string of the molecule is Clc1ccc2c(c1)nc1n2Cc2ccccc2-1. The lowest BCUT2D eigenvalue weighted by molar-refractivity contribution is 0.879. The molecular formula is C14H9ClN2. The number of nitrogens with zero attached hydrogens (tertiary/aromatic N) is 2. The molecule has 0 spiro atoms. The van der Waals surface area contributed by atoms with Gasteiger partial charge in [0.25, 0.3) is 0 Å². The van der Waals surface area contributed by atoms with Crippen LogP contribution in [0.4, 0.5) is 0 Å². The van der Waals surface area contributed by atoms with E-state index in [-0.39, 0.29) is 0 Å². The summed E-state index contributed by atoms with van der Waals surface area (Å²) in [6.45, 7) is 0.906. The molecule has 0 N–H and O–H groups in total. The quantitative estimate of drug-likeness (QED) is 0.458. The van der Waals surface area contributed by atoms with Crippen molar-refractivity contribution in [1.82, 2.24) is 9.55 Å². The van der Waals surface area contributed by atoms with E-state index >= 15 is 0 Å². The third kappa shape index (κ3) is 1.19. The molecule has 0 bridgehead atoms. The van der Waals surface area contributed by atoms with Crippen LogP contribution < -0.4 is 0 Å². The Hall–Kier alpha value is -1.80. The van der Waals surface area contributed by atoms with Crippen LogP contribution in [-0.4, -0.2) is 9.55 Å². The third-order valence-electron chi connectivity index (χ3n) is 3.30. The molecule has 2 nitrogen and oxygen atoms in total. The Morgan fingerprint density at radius 1 is 1.12 bits per heavy atom. The van der Waals surface area contributed by atoms with Crippen LogP contribution in [0.1, 0.15) is 5.56 Å². The first-order valence-electron chi connectivity index (χ1n) is 5.57. The second-order valence-corrected chi connectivity index (χ2v) is 4.75. The van der Waals surface area contributed by atoms with Crippen molar-refractivity contribution in [1.29, 1.82) is 0 Å². The number of hydrogen-bond donors (Lipinski definition) is 0. The number of hydrogen-bond acceptors (Lipinski definition) is 1. The van der Waals surface area contributed by atoms with Crippen molar-refractivity contribution in [2.75, 3.05) is 0 Å². The van der Waals surface area contributed by atoms with Crippen LogP contribution in [0, 0.1) is 0 Å². The van der Waals surface area contributed by atoms with Crippen molar-refractivity contribution in [3.8, 4) is 11.4 Å². The second-order valence-electron chi connectivity index (χ2n) is 4.31. The first-order chi connectivity index (χ1) is 8.33. The van der Waals surface area contributed by atoms with Crippen molar-refractivity contribution >= 4 is 22.6 Å². The fourth-order valence-corrected chi connectivity index (χ4v) is 2.68. The van der Waals surface area contributed by atoms with Gasteiger partial charge in [-0.05, 0) is 23.8 Å². The number of halogens is 1. The minimum Gasteiger partial charge on any atom is -0.319 e. The molecular weight excluding hydrogens is 232 g/mol. The van der Waals surface area contributed by atoms with E-state index in [1.807, 2.05) is 18.2 Å². The number of benzene rings is 2. The average molecular weight is 241 g/mol. The zero-order valence-electron chi connectivity index (χ0n) is 9.02. The van der Waals surface area contributed by atoms with Gasteiger partial charge in [-0.25, -0.2) is 4.98 Å². The predicted octanol–water partition coefficient (Wildman–Crippen LogP) is 3.72. The predicted molar refractivity (Wildman–Crippen MR) is 69.3 cm³/mol. The van der Waals surface area contributed by atoms with E-state index in [4.69, 9.17) is 11.6 Å². The topological polar surface area (TPSA) is 17.8 Å². The second kappa shape index (κ2) is 3.11. The van der Waals surface area contributed by atoms with Gasteiger partial charge in [-0.2, -0.15) is 0 Å². The lowest BCUT2D eigenvalue weighted by Crippen LogP contribution is -1.91. The molecule has 0 saturated heterocycles. The molecule has 2 heterocycles. The van der Waals surface area contributed by atoms with Crippen LogP contribution in [-0.2, 0) is 6.54 Å². The first kappa shape index (κ1) is 9.25. The molecule has 0 atom stereocenters. The molecule has 82 valence electrons. The van der Waals surface area contributed by atoms with Crippen molar-refractivity contribution in [2.24, 2.45) is 0 Å². The van der Waals surface area contributed by atoms with Crippen LogP contribution in [0.3, 0.4) is 0 Å². The molecule has 0 unspecified atom stereocenters. The highest BCUT2D eigenvalue weighted by molar-refractivity contribution is 6.31. The molecule has 1 aliphatic rings. The Morgan fingerprint density at radius 3 is 2.94 bits per heavy atom. The molecule has 0 fully saturated rings. The number of imidazole rings is 1. The molecule has 0 saturated carbocycles. The lowest BCUT2D eigenvalue weighted by Gasteiger charge is -1.98. The highest BCUT2D eigenvalue weighted by Crippen LogP contribution is 2.34. The van der Waals surface area contributed by atoms with E-state index in [9.17, 15) is 0 Å². The fraction of sp³-hybridized carbons (Fsp3) is 0.0714. The van der Waals surface area contributed by atoms with Gasteiger partial charge in [-0.15, -0.1) is 0 Å². The van der Waals surface area contributed by atoms with E-state index in [2.05, 4.69) is 33.8 Å². The Labute approximate surface area is 103 Å². The summed E-state index contributed by atoms with van der Waals surface area (Å²) in [5.74, 6) is 1.05. The summed E-state index contributed by atoms with van der Waals surface area (Å²) < 4.78 is 2.25. The van der Waals surface area contributed by atoms with Crippen molar-refractivity contribution < 1.29 is 0 Å². The van der Waals surface area contributed by atoms with Gasteiger partial charge in [0.1, 0.15) is 5.82 Å². The zero-order valence-corrected chi connectivity index (χ0v) is 9.78. The van der Waals surface area contributed by atoms with E-state index in [1.165, 1.54) is 11.1 Å². The van der Waals surface area contributed by atoms with Gasteiger partial charge >= 0.3 is 0 Å². The molecule has 2 aromatic carbocycles. The maximum absolute atomic E-state index is 5.99. The average Bonchev–Trinajstić information content (AvgIpc) is 2.84. The van der Waals surface area contributed by atoms with Gasteiger partial charge in [0.2, 0.25) is 0 Å². The number of aromatic nitrogens is 2. The Balaban J connectivity index is 2.08. The van der Waals surface area contributed by atoms with Crippen LogP contribution in [0.15, 0.2) is 42.5 Å². The maximum atomic E-state index is 5.99. The first-order valence-corrected chi connectivity index (χ1v) is 5.95. The zero-order chi connectivity index (χ0) is 11.4. The summed E-state index contributed by atoms with van der Waals surface area (Å²) in [7, 11) is 0. The summed E-state index contributed by atoms with van der Waals surface area (Å²) >= 11 is 5.99. The number of fused-ring (bicyclic) bond motifs is 5. The Morgan fingerprint density at radius 2 is 2.00 bits per heavy atom. The summed E-state index contributed by atoms with van der Waals surface area (Å²) in [5.41, 5.74) is 4.70. The molecule has 3 aromatic rings. The largest absolute Gasteiger partial charge is 0.319 e. The maximum Gasteiger partial charge on any atom is 0.141 e. The van der Waals surface area contributed by atoms with Gasteiger partial charge in [-0.1, -0.05) is 35.9 Å².